The van der Waals surface area contributed by atoms with E-state index in [9.17, 15) is 5.11 Å². The number of hydrogen-bond acceptors (Lipinski definition) is 3. The lowest BCUT2D eigenvalue weighted by atomic mass is 9.89. The van der Waals surface area contributed by atoms with Crippen LogP contribution in [-0.4, -0.2) is 37.5 Å². The molecule has 1 aliphatic heterocycles. The average molecular weight is 229 g/mol. The highest BCUT2D eigenvalue weighted by atomic mass is 16.5. The number of hydrogen-bond donors (Lipinski definition) is 2. The van der Waals surface area contributed by atoms with Crippen molar-refractivity contribution in [2.45, 2.75) is 45.6 Å². The first-order valence-electron chi connectivity index (χ1n) is 6.73. The topological polar surface area (TPSA) is 41.5 Å². The first-order chi connectivity index (χ1) is 7.81. The van der Waals surface area contributed by atoms with Gasteiger partial charge in [0.15, 0.2) is 0 Å². The summed E-state index contributed by atoms with van der Waals surface area (Å²) >= 11 is 0. The van der Waals surface area contributed by atoms with Crippen molar-refractivity contribution in [3.63, 3.8) is 0 Å². The predicted molar refractivity (Wildman–Crippen MR) is 66.5 cm³/mol. The molecule has 3 nitrogen and oxygen atoms in total. The Morgan fingerprint density at radius 3 is 2.62 bits per heavy atom. The monoisotopic (exact) mass is 229 g/mol. The Balaban J connectivity index is 2.17. The lowest BCUT2D eigenvalue weighted by molar-refractivity contribution is 0.134. The fraction of sp³-hybridized carbons (Fsp3) is 1.00. The van der Waals surface area contributed by atoms with E-state index in [1.165, 1.54) is 12.8 Å². The predicted octanol–water partition coefficient (Wildman–Crippen LogP) is 1.80. The van der Waals surface area contributed by atoms with Crippen molar-refractivity contribution in [1.29, 1.82) is 0 Å². The number of rotatable bonds is 8. The maximum Gasteiger partial charge on any atom is 0.0498 e. The summed E-state index contributed by atoms with van der Waals surface area (Å²) < 4.78 is 5.38. The van der Waals surface area contributed by atoms with Crippen LogP contribution >= 0.6 is 0 Å². The Hall–Kier alpha value is -0.120. The van der Waals surface area contributed by atoms with E-state index in [2.05, 4.69) is 19.2 Å². The molecule has 0 aromatic rings. The summed E-state index contributed by atoms with van der Waals surface area (Å²) in [6.45, 7) is 7.48. The van der Waals surface area contributed by atoms with Crippen molar-refractivity contribution in [3.05, 3.63) is 0 Å². The lowest BCUT2D eigenvalue weighted by Gasteiger charge is -2.22. The maximum atomic E-state index is 9.38. The second-order valence-electron chi connectivity index (χ2n) is 4.82. The first-order valence-corrected chi connectivity index (χ1v) is 6.73. The van der Waals surface area contributed by atoms with E-state index in [1.54, 1.807) is 0 Å². The third kappa shape index (κ3) is 4.40. The van der Waals surface area contributed by atoms with Crippen LogP contribution in [0.1, 0.15) is 39.5 Å². The zero-order valence-corrected chi connectivity index (χ0v) is 10.7. The van der Waals surface area contributed by atoms with Crippen LogP contribution < -0.4 is 5.32 Å². The van der Waals surface area contributed by atoms with Gasteiger partial charge in [0, 0.05) is 25.9 Å². The molecule has 2 N–H and O–H groups in total. The summed E-state index contributed by atoms with van der Waals surface area (Å²) in [6, 6.07) is 0.638. The summed E-state index contributed by atoms with van der Waals surface area (Å²) in [4.78, 5) is 0. The SMILES string of the molecule is CCC(CC)NCCC(CO)C1CCOC1. The van der Waals surface area contributed by atoms with Crippen LogP contribution in [0.25, 0.3) is 0 Å². The van der Waals surface area contributed by atoms with Crippen molar-refractivity contribution in [3.8, 4) is 0 Å². The molecule has 1 heterocycles. The molecule has 0 saturated carbocycles. The Morgan fingerprint density at radius 1 is 1.38 bits per heavy atom. The second kappa shape index (κ2) is 8.04. The molecule has 1 fully saturated rings. The lowest BCUT2D eigenvalue weighted by Crippen LogP contribution is -2.31. The van der Waals surface area contributed by atoms with Gasteiger partial charge in [-0.05, 0) is 44.1 Å². The van der Waals surface area contributed by atoms with Crippen LogP contribution in [0.15, 0.2) is 0 Å². The number of aliphatic hydroxyl groups excluding tert-OH is 1. The molecule has 0 bridgehead atoms. The smallest absolute Gasteiger partial charge is 0.0498 e. The van der Waals surface area contributed by atoms with E-state index < -0.39 is 0 Å². The summed E-state index contributed by atoms with van der Waals surface area (Å²) in [5.41, 5.74) is 0. The van der Waals surface area contributed by atoms with Crippen molar-refractivity contribution >= 4 is 0 Å². The zero-order valence-electron chi connectivity index (χ0n) is 10.7. The van der Waals surface area contributed by atoms with Crippen LogP contribution in [0.5, 0.6) is 0 Å². The normalized spacial score (nSPS) is 22.9. The molecule has 1 rings (SSSR count). The van der Waals surface area contributed by atoms with Gasteiger partial charge >= 0.3 is 0 Å². The highest BCUT2D eigenvalue weighted by Crippen LogP contribution is 2.24. The van der Waals surface area contributed by atoms with Crippen molar-refractivity contribution < 1.29 is 9.84 Å². The summed E-state index contributed by atoms with van der Waals surface area (Å²) in [6.07, 6.45) is 4.57. The Bertz CT molecular complexity index is 165. The van der Waals surface area contributed by atoms with Crippen LogP contribution in [-0.2, 0) is 4.74 Å². The van der Waals surface area contributed by atoms with Gasteiger partial charge in [-0.1, -0.05) is 13.8 Å². The van der Waals surface area contributed by atoms with E-state index in [-0.39, 0.29) is 0 Å². The van der Waals surface area contributed by atoms with Crippen molar-refractivity contribution in [1.82, 2.24) is 5.32 Å². The minimum absolute atomic E-state index is 0.304. The molecule has 0 spiro atoms. The second-order valence-corrected chi connectivity index (χ2v) is 4.82. The molecule has 96 valence electrons. The van der Waals surface area contributed by atoms with Gasteiger partial charge in [-0.25, -0.2) is 0 Å². The molecular weight excluding hydrogens is 202 g/mol. The van der Waals surface area contributed by atoms with Crippen LogP contribution in [0.3, 0.4) is 0 Å². The van der Waals surface area contributed by atoms with Crippen molar-refractivity contribution in [2.24, 2.45) is 11.8 Å². The Morgan fingerprint density at radius 2 is 2.12 bits per heavy atom. The van der Waals surface area contributed by atoms with Crippen LogP contribution in [0.4, 0.5) is 0 Å². The van der Waals surface area contributed by atoms with Gasteiger partial charge in [0.25, 0.3) is 0 Å². The first kappa shape index (κ1) is 13.9. The number of ether oxygens (including phenoxy) is 1. The average Bonchev–Trinajstić information content (AvgIpc) is 2.83. The molecule has 0 aliphatic carbocycles. The quantitative estimate of drug-likeness (QED) is 0.667. The summed E-state index contributed by atoms with van der Waals surface area (Å²) in [7, 11) is 0. The minimum atomic E-state index is 0.304. The maximum absolute atomic E-state index is 9.38. The fourth-order valence-corrected chi connectivity index (χ4v) is 2.45. The summed E-state index contributed by atoms with van der Waals surface area (Å²) in [5.74, 6) is 0.998. The van der Waals surface area contributed by atoms with Gasteiger partial charge in [0.05, 0.1) is 0 Å². The van der Waals surface area contributed by atoms with Gasteiger partial charge in [0.1, 0.15) is 0 Å². The van der Waals surface area contributed by atoms with Gasteiger partial charge in [-0.3, -0.25) is 0 Å². The number of aliphatic hydroxyl groups is 1. The Labute approximate surface area is 99.6 Å². The largest absolute Gasteiger partial charge is 0.396 e. The van der Waals surface area contributed by atoms with E-state index in [0.29, 0.717) is 24.5 Å². The molecule has 0 aromatic heterocycles. The third-order valence-corrected chi connectivity index (χ3v) is 3.80. The molecular formula is C13H27NO2. The van der Waals surface area contributed by atoms with E-state index in [1.807, 2.05) is 0 Å². The molecule has 2 unspecified atom stereocenters. The van der Waals surface area contributed by atoms with Gasteiger partial charge in [-0.15, -0.1) is 0 Å². The van der Waals surface area contributed by atoms with Gasteiger partial charge in [-0.2, -0.15) is 0 Å². The zero-order chi connectivity index (χ0) is 11.8. The van der Waals surface area contributed by atoms with Gasteiger partial charge < -0.3 is 15.2 Å². The molecule has 16 heavy (non-hydrogen) atoms. The van der Waals surface area contributed by atoms with Crippen LogP contribution in [0, 0.1) is 11.8 Å². The molecule has 1 saturated heterocycles. The standard InChI is InChI=1S/C13H27NO2/c1-3-13(4-2)14-7-5-11(9-15)12-6-8-16-10-12/h11-15H,3-10H2,1-2H3. The molecule has 0 radical (unpaired) electrons. The third-order valence-electron chi connectivity index (χ3n) is 3.80. The summed E-state index contributed by atoms with van der Waals surface area (Å²) in [5, 5.41) is 12.9. The van der Waals surface area contributed by atoms with Crippen molar-refractivity contribution in [2.75, 3.05) is 26.4 Å². The molecule has 1 aliphatic rings. The minimum Gasteiger partial charge on any atom is -0.396 e. The molecule has 2 atom stereocenters. The highest BCUT2D eigenvalue weighted by molar-refractivity contribution is 4.74. The molecule has 0 amide bonds. The number of nitrogens with one attached hydrogen (secondary N) is 1. The van der Waals surface area contributed by atoms with E-state index in [0.717, 1.165) is 32.6 Å². The van der Waals surface area contributed by atoms with Crippen LogP contribution in [0.2, 0.25) is 0 Å². The fourth-order valence-electron chi connectivity index (χ4n) is 2.45. The highest BCUT2D eigenvalue weighted by Gasteiger charge is 2.24. The van der Waals surface area contributed by atoms with E-state index >= 15 is 0 Å². The Kier molecular flexibility index (Phi) is 7.01. The van der Waals surface area contributed by atoms with E-state index in [4.69, 9.17) is 4.74 Å². The van der Waals surface area contributed by atoms with Gasteiger partial charge in [0.2, 0.25) is 0 Å². The molecule has 3 heteroatoms. The molecule has 0 aromatic carbocycles.